The summed E-state index contributed by atoms with van der Waals surface area (Å²) < 4.78 is 0. The number of carboxylic acids is 1. The third-order valence-corrected chi connectivity index (χ3v) is 4.79. The Hall–Kier alpha value is -1.75. The van der Waals surface area contributed by atoms with E-state index in [-0.39, 0.29) is 5.92 Å². The highest BCUT2D eigenvalue weighted by atomic mass is 32.1. The van der Waals surface area contributed by atoms with Gasteiger partial charge < -0.3 is 5.11 Å². The zero-order valence-electron chi connectivity index (χ0n) is 11.5. The number of nitrogens with zero attached hydrogens (tertiary/aromatic N) is 2. The molecule has 1 aliphatic rings. The number of hydrogen-bond donors (Lipinski definition) is 1. The van der Waals surface area contributed by atoms with Gasteiger partial charge in [0.25, 0.3) is 0 Å². The predicted octanol–water partition coefficient (Wildman–Crippen LogP) is 3.01. The minimum Gasteiger partial charge on any atom is -0.481 e. The van der Waals surface area contributed by atoms with Crippen LogP contribution in [-0.2, 0) is 17.6 Å². The van der Waals surface area contributed by atoms with E-state index in [4.69, 9.17) is 5.11 Å². The number of carbonyl (C=O) groups is 1. The van der Waals surface area contributed by atoms with E-state index in [0.29, 0.717) is 12.8 Å². The highest BCUT2D eigenvalue weighted by Gasteiger charge is 2.27. The van der Waals surface area contributed by atoms with Crippen molar-refractivity contribution >= 4 is 17.3 Å². The molecule has 0 saturated heterocycles. The van der Waals surface area contributed by atoms with Gasteiger partial charge in [0.15, 0.2) is 5.82 Å². The Kier molecular flexibility index (Phi) is 3.30. The monoisotopic (exact) mass is 288 g/mol. The molecule has 0 radical (unpaired) electrons. The molecule has 0 bridgehead atoms. The molecule has 4 nitrogen and oxygen atoms in total. The molecule has 1 atom stereocenters. The molecule has 0 spiro atoms. The molecule has 2 heterocycles. The first-order valence-corrected chi connectivity index (χ1v) is 7.63. The van der Waals surface area contributed by atoms with Crippen LogP contribution in [0, 0.1) is 19.8 Å². The molecule has 0 fully saturated rings. The lowest BCUT2D eigenvalue weighted by Crippen LogP contribution is -2.24. The number of aryl methyl sites for hydroxylation is 3. The third-order valence-electron chi connectivity index (χ3n) is 3.93. The van der Waals surface area contributed by atoms with Crippen molar-refractivity contribution in [1.82, 2.24) is 9.97 Å². The van der Waals surface area contributed by atoms with E-state index >= 15 is 0 Å². The number of rotatable bonds is 2. The first kappa shape index (κ1) is 13.2. The van der Waals surface area contributed by atoms with Crippen molar-refractivity contribution in [1.29, 1.82) is 0 Å². The summed E-state index contributed by atoms with van der Waals surface area (Å²) in [6.45, 7) is 4.01. The molecule has 2 aromatic rings. The van der Waals surface area contributed by atoms with E-state index in [1.165, 1.54) is 5.56 Å². The summed E-state index contributed by atoms with van der Waals surface area (Å²) >= 11 is 1.65. The fraction of sp³-hybridized carbons (Fsp3) is 0.400. The van der Waals surface area contributed by atoms with E-state index in [1.54, 1.807) is 11.3 Å². The summed E-state index contributed by atoms with van der Waals surface area (Å²) in [6.07, 6.45) is 1.95. The smallest absolute Gasteiger partial charge is 0.306 e. The Labute approximate surface area is 121 Å². The van der Waals surface area contributed by atoms with Crippen LogP contribution in [0.1, 0.15) is 28.9 Å². The number of thiophene rings is 1. The molecule has 104 valence electrons. The SMILES string of the molecule is Cc1cscc1-c1nc(C)c2c(n1)CCC(C(=O)O)C2. The quantitative estimate of drug-likeness (QED) is 0.922. The van der Waals surface area contributed by atoms with Crippen molar-refractivity contribution in [2.45, 2.75) is 33.1 Å². The maximum absolute atomic E-state index is 11.1. The Morgan fingerprint density at radius 1 is 1.35 bits per heavy atom. The van der Waals surface area contributed by atoms with Gasteiger partial charge in [-0.2, -0.15) is 11.3 Å². The number of carboxylic acid groups (broad SMARTS) is 1. The highest BCUT2D eigenvalue weighted by molar-refractivity contribution is 7.08. The maximum atomic E-state index is 11.1. The van der Waals surface area contributed by atoms with Gasteiger partial charge in [-0.25, -0.2) is 9.97 Å². The number of hydrogen-bond acceptors (Lipinski definition) is 4. The molecule has 1 aliphatic carbocycles. The van der Waals surface area contributed by atoms with Gasteiger partial charge in [0.05, 0.1) is 5.92 Å². The van der Waals surface area contributed by atoms with Crippen LogP contribution in [0.4, 0.5) is 0 Å². The van der Waals surface area contributed by atoms with Crippen molar-refractivity contribution in [3.05, 3.63) is 33.3 Å². The molecule has 0 amide bonds. The van der Waals surface area contributed by atoms with Crippen LogP contribution in [0.25, 0.3) is 11.4 Å². The number of fused-ring (bicyclic) bond motifs is 1. The summed E-state index contributed by atoms with van der Waals surface area (Å²) in [5.74, 6) is -0.236. The lowest BCUT2D eigenvalue weighted by atomic mass is 9.86. The normalized spacial score (nSPS) is 17.8. The van der Waals surface area contributed by atoms with E-state index < -0.39 is 5.97 Å². The van der Waals surface area contributed by atoms with Gasteiger partial charge in [0.2, 0.25) is 0 Å². The van der Waals surface area contributed by atoms with Gasteiger partial charge in [0.1, 0.15) is 0 Å². The van der Waals surface area contributed by atoms with Crippen molar-refractivity contribution < 1.29 is 9.90 Å². The van der Waals surface area contributed by atoms with Gasteiger partial charge >= 0.3 is 5.97 Å². The summed E-state index contributed by atoms with van der Waals surface area (Å²) in [4.78, 5) is 20.4. The third kappa shape index (κ3) is 2.22. The summed E-state index contributed by atoms with van der Waals surface area (Å²) in [5.41, 5.74) is 5.24. The van der Waals surface area contributed by atoms with Crippen molar-refractivity contribution in [2.24, 2.45) is 5.92 Å². The van der Waals surface area contributed by atoms with Crippen molar-refractivity contribution in [2.75, 3.05) is 0 Å². The molecule has 1 N–H and O–H groups in total. The van der Waals surface area contributed by atoms with Gasteiger partial charge in [-0.3, -0.25) is 4.79 Å². The van der Waals surface area contributed by atoms with Crippen LogP contribution < -0.4 is 0 Å². The van der Waals surface area contributed by atoms with Gasteiger partial charge in [0, 0.05) is 22.3 Å². The minimum absolute atomic E-state index is 0.293. The highest BCUT2D eigenvalue weighted by Crippen LogP contribution is 2.30. The van der Waals surface area contributed by atoms with Crippen LogP contribution in [0.2, 0.25) is 0 Å². The maximum Gasteiger partial charge on any atom is 0.306 e. The standard InChI is InChI=1S/C15H16N2O2S/c1-8-6-20-7-12(8)14-16-9(2)11-5-10(15(18)19)3-4-13(11)17-14/h6-7,10H,3-5H2,1-2H3,(H,18,19). The Morgan fingerprint density at radius 3 is 2.80 bits per heavy atom. The average molecular weight is 288 g/mol. The van der Waals surface area contributed by atoms with Crippen LogP contribution in [-0.4, -0.2) is 21.0 Å². The molecule has 20 heavy (non-hydrogen) atoms. The molecule has 3 rings (SSSR count). The molecule has 0 aromatic carbocycles. The van der Waals surface area contributed by atoms with Gasteiger partial charge in [-0.1, -0.05) is 0 Å². The molecule has 0 aliphatic heterocycles. The number of aromatic nitrogens is 2. The lowest BCUT2D eigenvalue weighted by molar-refractivity contribution is -0.142. The molecule has 2 aromatic heterocycles. The average Bonchev–Trinajstić information content (AvgIpc) is 2.84. The summed E-state index contributed by atoms with van der Waals surface area (Å²) in [5, 5.41) is 13.3. The minimum atomic E-state index is -0.715. The molecular weight excluding hydrogens is 272 g/mol. The second kappa shape index (κ2) is 4.98. The van der Waals surface area contributed by atoms with Crippen LogP contribution in [0.15, 0.2) is 10.8 Å². The fourth-order valence-electron chi connectivity index (χ4n) is 2.71. The molecule has 1 unspecified atom stereocenters. The van der Waals surface area contributed by atoms with Crippen LogP contribution >= 0.6 is 11.3 Å². The van der Waals surface area contributed by atoms with E-state index in [2.05, 4.69) is 27.7 Å². The Morgan fingerprint density at radius 2 is 2.15 bits per heavy atom. The first-order chi connectivity index (χ1) is 9.56. The molecule has 0 saturated carbocycles. The van der Waals surface area contributed by atoms with E-state index in [9.17, 15) is 4.79 Å². The van der Waals surface area contributed by atoms with Crippen molar-refractivity contribution in [3.8, 4) is 11.4 Å². The number of aliphatic carboxylic acids is 1. The predicted molar refractivity (Wildman–Crippen MR) is 78.0 cm³/mol. The zero-order valence-corrected chi connectivity index (χ0v) is 12.3. The zero-order chi connectivity index (χ0) is 14.3. The lowest BCUT2D eigenvalue weighted by Gasteiger charge is -2.22. The second-order valence-corrected chi connectivity index (χ2v) is 6.05. The Bertz CT molecular complexity index is 679. The van der Waals surface area contributed by atoms with Gasteiger partial charge in [-0.15, -0.1) is 0 Å². The van der Waals surface area contributed by atoms with Gasteiger partial charge in [-0.05, 0) is 49.6 Å². The van der Waals surface area contributed by atoms with E-state index in [0.717, 1.165) is 34.8 Å². The largest absolute Gasteiger partial charge is 0.481 e. The topological polar surface area (TPSA) is 63.1 Å². The first-order valence-electron chi connectivity index (χ1n) is 6.68. The summed E-state index contributed by atoms with van der Waals surface area (Å²) in [6, 6.07) is 0. The fourth-order valence-corrected chi connectivity index (χ4v) is 3.53. The van der Waals surface area contributed by atoms with E-state index in [1.807, 2.05) is 6.92 Å². The van der Waals surface area contributed by atoms with Crippen LogP contribution in [0.5, 0.6) is 0 Å². The van der Waals surface area contributed by atoms with Crippen LogP contribution in [0.3, 0.4) is 0 Å². The van der Waals surface area contributed by atoms with Crippen molar-refractivity contribution in [3.63, 3.8) is 0 Å². The summed E-state index contributed by atoms with van der Waals surface area (Å²) in [7, 11) is 0. The molecule has 5 heteroatoms. The Balaban J connectivity index is 2.03. The second-order valence-electron chi connectivity index (χ2n) is 5.30. The molecular formula is C15H16N2O2S.